The van der Waals surface area contributed by atoms with Crippen LogP contribution in [0.15, 0.2) is 59.8 Å². The Morgan fingerprint density at radius 2 is 1.77 bits per heavy atom. The van der Waals surface area contributed by atoms with E-state index in [0.29, 0.717) is 49.0 Å². The van der Waals surface area contributed by atoms with Gasteiger partial charge < -0.3 is 25.4 Å². The second-order valence-electron chi connectivity index (χ2n) is 6.69. The Hall–Kier alpha value is -3.37. The number of phenolic OH excluding ortho intramolecular Hbond substituents is 1. The number of phenols is 1. The van der Waals surface area contributed by atoms with Crippen LogP contribution >= 0.6 is 11.8 Å². The van der Waals surface area contributed by atoms with Gasteiger partial charge in [-0.05, 0) is 24.3 Å². The second-order valence-corrected chi connectivity index (χ2v) is 7.63. The molecular formula is C21H22N6O3S. The van der Waals surface area contributed by atoms with E-state index >= 15 is 0 Å². The highest BCUT2D eigenvalue weighted by Crippen LogP contribution is 2.24. The average molecular weight is 439 g/mol. The van der Waals surface area contributed by atoms with Gasteiger partial charge in [0.2, 0.25) is 17.8 Å². The van der Waals surface area contributed by atoms with Gasteiger partial charge in [0.05, 0.1) is 24.7 Å². The maximum Gasteiger partial charge on any atom is 0.234 e. The fraction of sp³-hybridized carbons (Fsp3) is 0.238. The van der Waals surface area contributed by atoms with Crippen molar-refractivity contribution in [2.45, 2.75) is 5.16 Å². The second kappa shape index (κ2) is 10.1. The zero-order chi connectivity index (χ0) is 21.5. The van der Waals surface area contributed by atoms with Crippen molar-refractivity contribution >= 4 is 40.9 Å². The Bertz CT molecular complexity index is 1030. The number of carbonyl (C=O) groups excluding carboxylic acids is 1. The molecule has 0 unspecified atom stereocenters. The number of carbonyl (C=O) groups is 1. The first-order valence-electron chi connectivity index (χ1n) is 9.79. The molecule has 31 heavy (non-hydrogen) atoms. The van der Waals surface area contributed by atoms with E-state index in [-0.39, 0.29) is 17.4 Å². The minimum atomic E-state index is -0.266. The lowest BCUT2D eigenvalue weighted by molar-refractivity contribution is -0.113. The Morgan fingerprint density at radius 3 is 2.55 bits per heavy atom. The van der Waals surface area contributed by atoms with Gasteiger partial charge in [-0.1, -0.05) is 42.1 Å². The largest absolute Gasteiger partial charge is 0.506 e. The highest BCUT2D eigenvalue weighted by atomic mass is 32.2. The molecule has 10 heteroatoms. The number of ether oxygens (including phenoxy) is 1. The molecule has 1 aliphatic heterocycles. The number of hydrogen-bond acceptors (Lipinski definition) is 9. The zero-order valence-corrected chi connectivity index (χ0v) is 17.5. The summed E-state index contributed by atoms with van der Waals surface area (Å²) in [7, 11) is 0. The maximum absolute atomic E-state index is 12.3. The maximum atomic E-state index is 12.3. The first kappa shape index (κ1) is 20.9. The molecule has 9 nitrogen and oxygen atoms in total. The van der Waals surface area contributed by atoms with E-state index in [1.165, 1.54) is 17.8 Å². The van der Waals surface area contributed by atoms with Crippen molar-refractivity contribution in [3.63, 3.8) is 0 Å². The molecule has 2 aromatic carbocycles. The Kier molecular flexibility index (Phi) is 6.80. The van der Waals surface area contributed by atoms with Gasteiger partial charge in [0.15, 0.2) is 5.16 Å². The molecule has 2 heterocycles. The highest BCUT2D eigenvalue weighted by molar-refractivity contribution is 7.99. The fourth-order valence-electron chi connectivity index (χ4n) is 2.92. The van der Waals surface area contributed by atoms with Crippen molar-refractivity contribution in [3.05, 3.63) is 54.6 Å². The molecule has 160 valence electrons. The third-order valence-corrected chi connectivity index (χ3v) is 5.28. The fourth-order valence-corrected chi connectivity index (χ4v) is 3.55. The molecule has 1 saturated heterocycles. The van der Waals surface area contributed by atoms with Crippen LogP contribution in [0, 0.1) is 0 Å². The number of hydrogen-bond donors (Lipinski definition) is 3. The van der Waals surface area contributed by atoms with E-state index in [1.54, 1.807) is 18.2 Å². The van der Waals surface area contributed by atoms with Crippen molar-refractivity contribution in [2.24, 2.45) is 0 Å². The number of aromatic nitrogens is 3. The molecule has 3 aromatic rings. The normalized spacial score (nSPS) is 13.6. The molecular weight excluding hydrogens is 416 g/mol. The van der Waals surface area contributed by atoms with Crippen LogP contribution in [0.2, 0.25) is 0 Å². The summed E-state index contributed by atoms with van der Waals surface area (Å²) in [5.74, 6) is 0.792. The lowest BCUT2D eigenvalue weighted by atomic mass is 10.3. The number of benzene rings is 2. The number of thioether (sulfide) groups is 1. The summed E-state index contributed by atoms with van der Waals surface area (Å²) in [5.41, 5.74) is 1.22. The summed E-state index contributed by atoms with van der Waals surface area (Å²) in [6, 6.07) is 16.2. The van der Waals surface area contributed by atoms with Crippen LogP contribution in [0.3, 0.4) is 0 Å². The van der Waals surface area contributed by atoms with E-state index in [2.05, 4.69) is 25.6 Å². The van der Waals surface area contributed by atoms with Crippen LogP contribution in [0.4, 0.5) is 23.3 Å². The smallest absolute Gasteiger partial charge is 0.234 e. The van der Waals surface area contributed by atoms with Crippen molar-refractivity contribution in [1.29, 1.82) is 0 Å². The topological polar surface area (TPSA) is 113 Å². The Morgan fingerprint density at radius 1 is 1.03 bits per heavy atom. The number of anilines is 4. The SMILES string of the molecule is O=C(CSc1nc(Nc2ccccc2)nc(N2CCOCC2)n1)Nc1ccccc1O. The standard InChI is InChI=1S/C21H22N6O3S/c28-17-9-5-4-8-16(17)23-18(29)14-31-21-25-19(22-15-6-2-1-3-7-15)24-20(26-21)27-10-12-30-13-11-27/h1-9,28H,10-14H2,(H,23,29)(H,22,24,25,26). The first-order valence-corrected chi connectivity index (χ1v) is 10.8. The predicted octanol–water partition coefficient (Wildman–Crippen LogP) is 2.89. The molecule has 4 rings (SSSR count). The van der Waals surface area contributed by atoms with Crippen molar-refractivity contribution in [1.82, 2.24) is 15.0 Å². The van der Waals surface area contributed by atoms with Crippen molar-refractivity contribution < 1.29 is 14.6 Å². The molecule has 0 spiro atoms. The van der Waals surface area contributed by atoms with Crippen LogP contribution in [0.1, 0.15) is 0 Å². The van der Waals surface area contributed by atoms with E-state index < -0.39 is 0 Å². The number of rotatable bonds is 7. The van der Waals surface area contributed by atoms with Gasteiger partial charge in [-0.15, -0.1) is 0 Å². The van der Waals surface area contributed by atoms with Crippen molar-refractivity contribution in [2.75, 3.05) is 47.6 Å². The summed E-state index contributed by atoms with van der Waals surface area (Å²) in [5, 5.41) is 16.1. The quantitative estimate of drug-likeness (QED) is 0.378. The summed E-state index contributed by atoms with van der Waals surface area (Å²) >= 11 is 1.20. The molecule has 1 aliphatic rings. The van der Waals surface area contributed by atoms with Gasteiger partial charge >= 0.3 is 0 Å². The molecule has 1 aromatic heterocycles. The first-order chi connectivity index (χ1) is 15.2. The molecule has 0 radical (unpaired) electrons. The van der Waals surface area contributed by atoms with E-state index in [0.717, 1.165) is 5.69 Å². The van der Waals surface area contributed by atoms with Gasteiger partial charge in [0.1, 0.15) is 5.75 Å². The molecule has 0 aliphatic carbocycles. The van der Waals surface area contributed by atoms with Crippen molar-refractivity contribution in [3.8, 4) is 5.75 Å². The van der Waals surface area contributed by atoms with E-state index in [4.69, 9.17) is 4.74 Å². The van der Waals surface area contributed by atoms with Gasteiger partial charge in [0.25, 0.3) is 0 Å². The van der Waals surface area contributed by atoms with Crippen LogP contribution in [0.5, 0.6) is 5.75 Å². The van der Waals surface area contributed by atoms with E-state index in [9.17, 15) is 9.90 Å². The van der Waals surface area contributed by atoms with E-state index in [1.807, 2.05) is 35.2 Å². The summed E-state index contributed by atoms with van der Waals surface area (Å²) in [6.07, 6.45) is 0. The number of nitrogens with one attached hydrogen (secondary N) is 2. The minimum Gasteiger partial charge on any atom is -0.506 e. The molecule has 0 bridgehead atoms. The zero-order valence-electron chi connectivity index (χ0n) is 16.7. The molecule has 0 saturated carbocycles. The van der Waals surface area contributed by atoms with Gasteiger partial charge in [-0.2, -0.15) is 15.0 Å². The van der Waals surface area contributed by atoms with Crippen LogP contribution in [-0.2, 0) is 9.53 Å². The third-order valence-electron chi connectivity index (χ3n) is 4.44. The van der Waals surface area contributed by atoms with Gasteiger partial charge in [-0.25, -0.2) is 0 Å². The number of aromatic hydroxyl groups is 1. The number of amides is 1. The number of para-hydroxylation sites is 3. The highest BCUT2D eigenvalue weighted by Gasteiger charge is 2.18. The molecule has 1 amide bonds. The van der Waals surface area contributed by atoms with Gasteiger partial charge in [0, 0.05) is 18.8 Å². The van der Waals surface area contributed by atoms with Crippen LogP contribution in [0.25, 0.3) is 0 Å². The molecule has 0 atom stereocenters. The Balaban J connectivity index is 1.49. The van der Waals surface area contributed by atoms with Crippen LogP contribution < -0.4 is 15.5 Å². The number of nitrogens with zero attached hydrogens (tertiary/aromatic N) is 4. The molecule has 3 N–H and O–H groups in total. The van der Waals surface area contributed by atoms with Crippen LogP contribution in [-0.4, -0.2) is 58.0 Å². The average Bonchev–Trinajstić information content (AvgIpc) is 2.80. The monoisotopic (exact) mass is 438 g/mol. The third kappa shape index (κ3) is 5.83. The Labute approximate surface area is 183 Å². The van der Waals surface area contributed by atoms with Gasteiger partial charge in [-0.3, -0.25) is 4.79 Å². The summed E-state index contributed by atoms with van der Waals surface area (Å²) in [6.45, 7) is 2.59. The predicted molar refractivity (Wildman–Crippen MR) is 120 cm³/mol. The lowest BCUT2D eigenvalue weighted by Crippen LogP contribution is -2.37. The minimum absolute atomic E-state index is 0.0185. The summed E-state index contributed by atoms with van der Waals surface area (Å²) in [4.78, 5) is 27.9. The lowest BCUT2D eigenvalue weighted by Gasteiger charge is -2.27. The summed E-state index contributed by atoms with van der Waals surface area (Å²) < 4.78 is 5.42. The number of morpholine rings is 1. The molecule has 1 fully saturated rings.